The number of hydrogen-bond acceptors (Lipinski definition) is 5. The number of nitrogens with zero attached hydrogens (tertiary/aromatic N) is 4. The smallest absolute Gasteiger partial charge is 0.336 e. The van der Waals surface area contributed by atoms with Gasteiger partial charge in [-0.1, -0.05) is 46.0 Å². The molecule has 1 aliphatic carbocycles. The fraction of sp³-hybridized carbons (Fsp3) is 0.737. The van der Waals surface area contributed by atoms with E-state index in [4.69, 9.17) is 10.5 Å². The van der Waals surface area contributed by atoms with Gasteiger partial charge in [-0.15, -0.1) is 5.10 Å². The van der Waals surface area contributed by atoms with Crippen LogP contribution in [-0.4, -0.2) is 25.7 Å². The van der Waals surface area contributed by atoms with Gasteiger partial charge >= 0.3 is 6.01 Å². The Kier molecular flexibility index (Phi) is 5.76. The SMILES string of the molecule is CCC[C@H](C)Oc1nc(N)c2ncc(CC3CCCC(CC)C3)n2n1. The maximum atomic E-state index is 6.08. The summed E-state index contributed by atoms with van der Waals surface area (Å²) >= 11 is 0. The van der Waals surface area contributed by atoms with Gasteiger partial charge in [-0.25, -0.2) is 9.50 Å². The molecule has 0 amide bonds. The lowest BCUT2D eigenvalue weighted by molar-refractivity contribution is 0.189. The molecule has 2 heterocycles. The molecule has 2 unspecified atom stereocenters. The molecule has 2 N–H and O–H groups in total. The lowest BCUT2D eigenvalue weighted by atomic mass is 9.78. The minimum atomic E-state index is 0.0810. The number of fused-ring (bicyclic) bond motifs is 1. The van der Waals surface area contributed by atoms with Crippen molar-refractivity contribution >= 4 is 11.5 Å². The monoisotopic (exact) mass is 345 g/mol. The molecule has 0 aromatic carbocycles. The average Bonchev–Trinajstić information content (AvgIpc) is 2.98. The molecule has 1 aliphatic rings. The zero-order valence-electron chi connectivity index (χ0n) is 15.7. The van der Waals surface area contributed by atoms with Crippen molar-refractivity contribution in [3.05, 3.63) is 11.9 Å². The zero-order valence-corrected chi connectivity index (χ0v) is 15.7. The minimum Gasteiger partial charge on any atom is -0.459 e. The van der Waals surface area contributed by atoms with Crippen LogP contribution in [0.25, 0.3) is 5.65 Å². The first-order valence-electron chi connectivity index (χ1n) is 9.77. The molecule has 0 bridgehead atoms. The molecule has 2 aromatic heterocycles. The predicted octanol–water partition coefficient (Wildman–Crippen LogP) is 4.03. The van der Waals surface area contributed by atoms with Gasteiger partial charge in [0.25, 0.3) is 0 Å². The Hall–Kier alpha value is -1.85. The number of ether oxygens (including phenoxy) is 1. The van der Waals surface area contributed by atoms with E-state index in [-0.39, 0.29) is 6.10 Å². The number of anilines is 1. The van der Waals surface area contributed by atoms with Gasteiger partial charge in [-0.2, -0.15) is 4.98 Å². The van der Waals surface area contributed by atoms with Crippen molar-refractivity contribution in [1.29, 1.82) is 0 Å². The van der Waals surface area contributed by atoms with E-state index in [1.807, 2.05) is 17.6 Å². The summed E-state index contributed by atoms with van der Waals surface area (Å²) in [7, 11) is 0. The standard InChI is InChI=1S/C19H31N5O/c1-4-7-13(3)25-19-22-17(20)18-21-12-16(24(18)23-19)11-15-9-6-8-14(5-2)10-15/h12-15H,4-11H2,1-3H3,(H2,20,22,23)/t13-,14?,15?/m0/s1. The highest BCUT2D eigenvalue weighted by Crippen LogP contribution is 2.33. The van der Waals surface area contributed by atoms with E-state index in [0.717, 1.165) is 30.9 Å². The summed E-state index contributed by atoms with van der Waals surface area (Å²) in [6.45, 7) is 6.48. The van der Waals surface area contributed by atoms with Crippen LogP contribution in [0.5, 0.6) is 6.01 Å². The maximum absolute atomic E-state index is 6.08. The number of hydrogen-bond donors (Lipinski definition) is 1. The van der Waals surface area contributed by atoms with Crippen LogP contribution in [0.1, 0.15) is 71.4 Å². The normalized spacial score (nSPS) is 22.2. The van der Waals surface area contributed by atoms with Crippen LogP contribution in [0.15, 0.2) is 6.20 Å². The molecule has 3 rings (SSSR count). The van der Waals surface area contributed by atoms with Crippen LogP contribution in [0.3, 0.4) is 0 Å². The van der Waals surface area contributed by atoms with Crippen LogP contribution < -0.4 is 10.5 Å². The number of imidazole rings is 1. The van der Waals surface area contributed by atoms with Gasteiger partial charge in [0.1, 0.15) is 0 Å². The first-order valence-corrected chi connectivity index (χ1v) is 9.77. The van der Waals surface area contributed by atoms with Gasteiger partial charge < -0.3 is 10.5 Å². The largest absolute Gasteiger partial charge is 0.459 e. The summed E-state index contributed by atoms with van der Waals surface area (Å²) in [6.07, 6.45) is 11.6. The Balaban J connectivity index is 1.80. The van der Waals surface area contributed by atoms with Crippen molar-refractivity contribution in [2.24, 2.45) is 11.8 Å². The molecule has 6 nitrogen and oxygen atoms in total. The van der Waals surface area contributed by atoms with E-state index < -0.39 is 0 Å². The third-order valence-electron chi connectivity index (χ3n) is 5.41. The molecular formula is C19H31N5O. The summed E-state index contributed by atoms with van der Waals surface area (Å²) in [6, 6.07) is 0.347. The van der Waals surface area contributed by atoms with E-state index >= 15 is 0 Å². The third-order valence-corrected chi connectivity index (χ3v) is 5.41. The van der Waals surface area contributed by atoms with Crippen molar-refractivity contribution in [1.82, 2.24) is 19.6 Å². The Morgan fingerprint density at radius 3 is 2.88 bits per heavy atom. The maximum Gasteiger partial charge on any atom is 0.336 e. The van der Waals surface area contributed by atoms with Crippen molar-refractivity contribution in [2.75, 3.05) is 5.73 Å². The summed E-state index contributed by atoms with van der Waals surface area (Å²) in [5, 5.41) is 4.56. The highest BCUT2D eigenvalue weighted by Gasteiger charge is 2.23. The Bertz CT molecular complexity index is 698. The van der Waals surface area contributed by atoms with Crippen LogP contribution in [-0.2, 0) is 6.42 Å². The van der Waals surface area contributed by atoms with Gasteiger partial charge in [0.2, 0.25) is 0 Å². The highest BCUT2D eigenvalue weighted by atomic mass is 16.5. The summed E-state index contributed by atoms with van der Waals surface area (Å²) in [5.74, 6) is 1.96. The van der Waals surface area contributed by atoms with Crippen molar-refractivity contribution in [2.45, 2.75) is 78.2 Å². The lowest BCUT2D eigenvalue weighted by Gasteiger charge is -2.28. The zero-order chi connectivity index (χ0) is 17.8. The lowest BCUT2D eigenvalue weighted by Crippen LogP contribution is -2.19. The molecule has 2 aromatic rings. The van der Waals surface area contributed by atoms with Gasteiger partial charge in [-0.3, -0.25) is 0 Å². The van der Waals surface area contributed by atoms with Crippen molar-refractivity contribution < 1.29 is 4.74 Å². The third kappa shape index (κ3) is 4.22. The van der Waals surface area contributed by atoms with E-state index in [0.29, 0.717) is 23.4 Å². The van der Waals surface area contributed by atoms with Gasteiger partial charge in [0.15, 0.2) is 11.5 Å². The second kappa shape index (κ2) is 8.02. The molecule has 6 heteroatoms. The van der Waals surface area contributed by atoms with Crippen molar-refractivity contribution in [3.8, 4) is 6.01 Å². The Morgan fingerprint density at radius 2 is 2.12 bits per heavy atom. The van der Waals surface area contributed by atoms with Gasteiger partial charge in [0.05, 0.1) is 18.0 Å². The van der Waals surface area contributed by atoms with Crippen LogP contribution in [0.4, 0.5) is 5.82 Å². The van der Waals surface area contributed by atoms with Crippen LogP contribution in [0, 0.1) is 11.8 Å². The van der Waals surface area contributed by atoms with Crippen LogP contribution >= 0.6 is 0 Å². The van der Waals surface area contributed by atoms with Gasteiger partial charge in [-0.05, 0) is 38.0 Å². The van der Waals surface area contributed by atoms with E-state index in [9.17, 15) is 0 Å². The topological polar surface area (TPSA) is 78.3 Å². The van der Waals surface area contributed by atoms with E-state index in [1.165, 1.54) is 32.1 Å². The fourth-order valence-corrected chi connectivity index (χ4v) is 4.02. The second-order valence-corrected chi connectivity index (χ2v) is 7.49. The first-order chi connectivity index (χ1) is 12.1. The molecule has 3 atom stereocenters. The van der Waals surface area contributed by atoms with Gasteiger partial charge in [0, 0.05) is 0 Å². The first kappa shape index (κ1) is 18.0. The number of nitrogens with two attached hydrogens (primary N) is 1. The van der Waals surface area contributed by atoms with Crippen molar-refractivity contribution in [3.63, 3.8) is 0 Å². The predicted molar refractivity (Wildman–Crippen MR) is 99.6 cm³/mol. The number of rotatable bonds is 7. The summed E-state index contributed by atoms with van der Waals surface area (Å²) in [5.41, 5.74) is 7.83. The molecule has 0 spiro atoms. The number of aromatic nitrogens is 4. The second-order valence-electron chi connectivity index (χ2n) is 7.49. The molecule has 1 fully saturated rings. The summed E-state index contributed by atoms with van der Waals surface area (Å²) < 4.78 is 7.68. The fourth-order valence-electron chi connectivity index (χ4n) is 4.02. The Morgan fingerprint density at radius 1 is 1.32 bits per heavy atom. The Labute approximate surface area is 150 Å². The molecule has 0 aliphatic heterocycles. The quantitative estimate of drug-likeness (QED) is 0.819. The summed E-state index contributed by atoms with van der Waals surface area (Å²) in [4.78, 5) is 8.71. The van der Waals surface area contributed by atoms with Crippen LogP contribution in [0.2, 0.25) is 0 Å². The minimum absolute atomic E-state index is 0.0810. The molecule has 138 valence electrons. The number of nitrogen functional groups attached to an aromatic ring is 1. The average molecular weight is 345 g/mol. The van der Waals surface area contributed by atoms with E-state index in [2.05, 4.69) is 28.9 Å². The molecule has 0 radical (unpaired) electrons. The molecule has 25 heavy (non-hydrogen) atoms. The highest BCUT2D eigenvalue weighted by molar-refractivity contribution is 5.59. The molecular weight excluding hydrogens is 314 g/mol. The molecule has 1 saturated carbocycles. The molecule has 0 saturated heterocycles. The van der Waals surface area contributed by atoms with E-state index in [1.54, 1.807) is 0 Å².